The predicted octanol–water partition coefficient (Wildman–Crippen LogP) is 3.03. The maximum absolute atomic E-state index is 5.65. The normalized spacial score (nSPS) is 12.5. The third-order valence-corrected chi connectivity index (χ3v) is 2.57. The van der Waals surface area contributed by atoms with E-state index in [1.807, 2.05) is 31.2 Å². The van der Waals surface area contributed by atoms with Crippen LogP contribution in [-0.2, 0) is 0 Å². The third-order valence-electron chi connectivity index (χ3n) is 2.57. The molecular weight excluding hydrogens is 236 g/mol. The summed E-state index contributed by atoms with van der Waals surface area (Å²) in [7, 11) is 0. The number of para-hydroxylation sites is 1. The minimum Gasteiger partial charge on any atom is -0.494 e. The molecule has 1 rings (SSSR count). The summed E-state index contributed by atoms with van der Waals surface area (Å²) in [5, 5.41) is 0. The van der Waals surface area contributed by atoms with Gasteiger partial charge in [-0.15, -0.1) is 5.92 Å². The van der Waals surface area contributed by atoms with Crippen LogP contribution in [0.5, 0.6) is 5.75 Å². The molecule has 0 saturated carbocycles. The molecule has 0 aliphatic heterocycles. The van der Waals surface area contributed by atoms with Gasteiger partial charge >= 0.3 is 0 Å². The van der Waals surface area contributed by atoms with E-state index in [-0.39, 0.29) is 11.5 Å². The first kappa shape index (κ1) is 15.6. The van der Waals surface area contributed by atoms with Crippen molar-refractivity contribution in [2.75, 3.05) is 6.61 Å². The van der Waals surface area contributed by atoms with Crippen LogP contribution in [0.3, 0.4) is 0 Å². The van der Waals surface area contributed by atoms with Gasteiger partial charge in [0.25, 0.3) is 0 Å². The molecule has 0 bridgehead atoms. The highest BCUT2D eigenvalue weighted by molar-refractivity contribution is 5.36. The fourth-order valence-electron chi connectivity index (χ4n) is 1.73. The number of benzene rings is 1. The standard InChI is InChI=1S/C16H24N2O/c1-5-19-15-11-7-6-9-13(15)14(18-17)10-8-12-16(2,3)4/h6-7,9,11,14,18H,5,10,17H2,1-4H3. The average molecular weight is 260 g/mol. The first-order chi connectivity index (χ1) is 8.98. The molecule has 0 fully saturated rings. The molecule has 0 aromatic heterocycles. The Labute approximate surface area is 116 Å². The molecule has 3 N–H and O–H groups in total. The van der Waals surface area contributed by atoms with Gasteiger partial charge in [0.1, 0.15) is 5.75 Å². The highest BCUT2D eigenvalue weighted by Gasteiger charge is 2.13. The molecule has 3 nitrogen and oxygen atoms in total. The van der Waals surface area contributed by atoms with Crippen LogP contribution in [0.2, 0.25) is 0 Å². The van der Waals surface area contributed by atoms with Gasteiger partial charge in [0.05, 0.1) is 12.6 Å². The molecule has 1 aromatic rings. The van der Waals surface area contributed by atoms with Gasteiger partial charge in [0.15, 0.2) is 0 Å². The van der Waals surface area contributed by atoms with Crippen LogP contribution in [0.4, 0.5) is 0 Å². The fraction of sp³-hybridized carbons (Fsp3) is 0.500. The molecule has 19 heavy (non-hydrogen) atoms. The van der Waals surface area contributed by atoms with E-state index in [9.17, 15) is 0 Å². The Balaban J connectivity index is 2.87. The van der Waals surface area contributed by atoms with Gasteiger partial charge in [0, 0.05) is 17.4 Å². The molecule has 1 aromatic carbocycles. The Bertz CT molecular complexity index is 452. The van der Waals surface area contributed by atoms with Gasteiger partial charge in [-0.25, -0.2) is 0 Å². The van der Waals surface area contributed by atoms with Gasteiger partial charge in [0.2, 0.25) is 0 Å². The van der Waals surface area contributed by atoms with Crippen LogP contribution < -0.4 is 16.0 Å². The topological polar surface area (TPSA) is 47.3 Å². The maximum Gasteiger partial charge on any atom is 0.124 e. The van der Waals surface area contributed by atoms with Gasteiger partial charge < -0.3 is 4.74 Å². The zero-order valence-corrected chi connectivity index (χ0v) is 12.3. The molecule has 0 aliphatic carbocycles. The van der Waals surface area contributed by atoms with Crippen LogP contribution in [0.1, 0.15) is 45.7 Å². The molecule has 1 unspecified atom stereocenters. The molecule has 0 spiro atoms. The lowest BCUT2D eigenvalue weighted by Crippen LogP contribution is -2.28. The molecule has 1 atom stereocenters. The Morgan fingerprint density at radius 3 is 2.58 bits per heavy atom. The summed E-state index contributed by atoms with van der Waals surface area (Å²) in [5.74, 6) is 12.9. The largest absolute Gasteiger partial charge is 0.494 e. The van der Waals surface area contributed by atoms with Gasteiger partial charge in [-0.05, 0) is 33.8 Å². The molecule has 0 heterocycles. The van der Waals surface area contributed by atoms with E-state index in [2.05, 4.69) is 38.0 Å². The summed E-state index contributed by atoms with van der Waals surface area (Å²) in [6.45, 7) is 8.90. The van der Waals surface area contributed by atoms with Crippen molar-refractivity contribution in [3.05, 3.63) is 29.8 Å². The summed E-state index contributed by atoms with van der Waals surface area (Å²) in [6, 6.07) is 7.91. The van der Waals surface area contributed by atoms with Crippen molar-refractivity contribution in [2.24, 2.45) is 11.3 Å². The second kappa shape index (κ2) is 7.18. The van der Waals surface area contributed by atoms with E-state index in [0.29, 0.717) is 13.0 Å². The molecule has 104 valence electrons. The quantitative estimate of drug-likeness (QED) is 0.486. The first-order valence-corrected chi connectivity index (χ1v) is 6.66. The van der Waals surface area contributed by atoms with Crippen molar-refractivity contribution in [2.45, 2.75) is 40.2 Å². The van der Waals surface area contributed by atoms with Gasteiger partial charge in [-0.2, -0.15) is 0 Å². The van der Waals surface area contributed by atoms with Crippen LogP contribution in [0.15, 0.2) is 24.3 Å². The van der Waals surface area contributed by atoms with E-state index in [0.717, 1.165) is 11.3 Å². The number of ether oxygens (including phenoxy) is 1. The Kier molecular flexibility index (Phi) is 5.88. The number of hydrogen-bond acceptors (Lipinski definition) is 3. The molecule has 0 radical (unpaired) electrons. The first-order valence-electron chi connectivity index (χ1n) is 6.66. The van der Waals surface area contributed by atoms with Crippen LogP contribution >= 0.6 is 0 Å². The zero-order valence-electron chi connectivity index (χ0n) is 12.3. The monoisotopic (exact) mass is 260 g/mol. The van der Waals surface area contributed by atoms with E-state index in [4.69, 9.17) is 10.6 Å². The van der Waals surface area contributed by atoms with Gasteiger partial charge in [-0.3, -0.25) is 11.3 Å². The number of hydrazine groups is 1. The van der Waals surface area contributed by atoms with E-state index in [1.54, 1.807) is 0 Å². The smallest absolute Gasteiger partial charge is 0.124 e. The maximum atomic E-state index is 5.65. The van der Waals surface area contributed by atoms with E-state index >= 15 is 0 Å². The second-order valence-corrected chi connectivity index (χ2v) is 5.45. The van der Waals surface area contributed by atoms with Crippen LogP contribution in [-0.4, -0.2) is 6.61 Å². The van der Waals surface area contributed by atoms with Crippen molar-refractivity contribution in [3.63, 3.8) is 0 Å². The van der Waals surface area contributed by atoms with Crippen molar-refractivity contribution in [3.8, 4) is 17.6 Å². The summed E-state index contributed by atoms with van der Waals surface area (Å²) in [6.07, 6.45) is 0.665. The lowest BCUT2D eigenvalue weighted by atomic mass is 9.96. The lowest BCUT2D eigenvalue weighted by Gasteiger charge is -2.17. The Morgan fingerprint density at radius 2 is 2.00 bits per heavy atom. The fourth-order valence-corrected chi connectivity index (χ4v) is 1.73. The minimum absolute atomic E-state index is 0.0125. The van der Waals surface area contributed by atoms with Crippen molar-refractivity contribution in [1.82, 2.24) is 5.43 Å². The summed E-state index contributed by atoms with van der Waals surface area (Å²) >= 11 is 0. The number of nitrogens with two attached hydrogens (primary N) is 1. The average Bonchev–Trinajstić information content (AvgIpc) is 2.35. The number of nitrogens with one attached hydrogen (secondary N) is 1. The van der Waals surface area contributed by atoms with Crippen LogP contribution in [0.25, 0.3) is 0 Å². The molecule has 0 aliphatic rings. The molecule has 3 heteroatoms. The predicted molar refractivity (Wildman–Crippen MR) is 79.5 cm³/mol. The summed E-state index contributed by atoms with van der Waals surface area (Å²) in [4.78, 5) is 0. The van der Waals surface area contributed by atoms with Gasteiger partial charge in [-0.1, -0.05) is 24.1 Å². The van der Waals surface area contributed by atoms with E-state index < -0.39 is 0 Å². The molecule has 0 amide bonds. The second-order valence-electron chi connectivity index (χ2n) is 5.45. The highest BCUT2D eigenvalue weighted by atomic mass is 16.5. The highest BCUT2D eigenvalue weighted by Crippen LogP contribution is 2.26. The molecular formula is C16H24N2O. The summed E-state index contributed by atoms with van der Waals surface area (Å²) < 4.78 is 5.62. The number of rotatable bonds is 5. The van der Waals surface area contributed by atoms with Crippen molar-refractivity contribution >= 4 is 0 Å². The van der Waals surface area contributed by atoms with Crippen molar-refractivity contribution in [1.29, 1.82) is 0 Å². The Hall–Kier alpha value is -1.50. The zero-order chi connectivity index (χ0) is 14.3. The third kappa shape index (κ3) is 5.34. The summed E-state index contributed by atoms with van der Waals surface area (Å²) in [5.41, 5.74) is 3.88. The SMILES string of the molecule is CCOc1ccccc1C(CC#CC(C)(C)C)NN. The lowest BCUT2D eigenvalue weighted by molar-refractivity contribution is 0.331. The molecule has 0 saturated heterocycles. The Morgan fingerprint density at radius 1 is 1.32 bits per heavy atom. The number of hydrogen-bond donors (Lipinski definition) is 2. The minimum atomic E-state index is -0.0161. The van der Waals surface area contributed by atoms with E-state index in [1.165, 1.54) is 0 Å². The van der Waals surface area contributed by atoms with Crippen molar-refractivity contribution < 1.29 is 4.74 Å². The van der Waals surface area contributed by atoms with Crippen LogP contribution in [0, 0.1) is 17.3 Å².